The predicted octanol–water partition coefficient (Wildman–Crippen LogP) is 11.7. The Morgan fingerprint density at radius 1 is 0.528 bits per heavy atom. The first-order valence-electron chi connectivity index (χ1n) is 17.1. The second-order valence-corrected chi connectivity index (χ2v) is 12.3. The maximum atomic E-state index is 6.58. The van der Waals surface area contributed by atoms with E-state index in [0.717, 1.165) is 78.2 Å². The number of hydrogen-bond acceptors (Lipinski definition) is 4. The largest absolute Gasteiger partial charge is 0.501 e. The standard InChI is InChI=1S/C36H22N3O.C11H8N.Ir/c1-4-11-24(12-5-1)26-19-20-28-29-17-10-18-30(34(29)40-33(28)23-26)36-38-35-32(39(36)27-15-8-3-9-16-27)22-21-31(37-35)25-13-6-2-7-14-25;1-2-6-10(7-3-1)11-8-4-5-9-12-11;/h1-17,19-23H;1-6,8-9H;/q2*-1;. The van der Waals surface area contributed by atoms with Gasteiger partial charge in [0, 0.05) is 42.9 Å². The Hall–Kier alpha value is -6.46. The summed E-state index contributed by atoms with van der Waals surface area (Å²) in [6, 6.07) is 65.6. The molecule has 4 aromatic heterocycles. The van der Waals surface area contributed by atoms with Crippen molar-refractivity contribution in [3.05, 3.63) is 194 Å². The average molecular weight is 859 g/mol. The van der Waals surface area contributed by atoms with Crippen molar-refractivity contribution in [3.63, 3.8) is 0 Å². The van der Waals surface area contributed by atoms with Crippen LogP contribution < -0.4 is 0 Å². The normalized spacial score (nSPS) is 10.9. The fourth-order valence-corrected chi connectivity index (χ4v) is 6.53. The Balaban J connectivity index is 0.000000262. The molecule has 0 aliphatic carbocycles. The fraction of sp³-hybridized carbons (Fsp3) is 0. The Morgan fingerprint density at radius 3 is 2.00 bits per heavy atom. The van der Waals surface area contributed by atoms with Crippen molar-refractivity contribution in [2.24, 2.45) is 0 Å². The molecule has 6 heteroatoms. The molecule has 0 unspecified atom stereocenters. The molecular weight excluding hydrogens is 829 g/mol. The zero-order valence-corrected chi connectivity index (χ0v) is 30.7. The molecule has 0 saturated heterocycles. The summed E-state index contributed by atoms with van der Waals surface area (Å²) in [6.45, 7) is 0. The maximum absolute atomic E-state index is 6.58. The monoisotopic (exact) mass is 859 g/mol. The van der Waals surface area contributed by atoms with E-state index in [-0.39, 0.29) is 20.1 Å². The molecule has 0 spiro atoms. The van der Waals surface area contributed by atoms with Crippen molar-refractivity contribution < 1.29 is 24.5 Å². The summed E-state index contributed by atoms with van der Waals surface area (Å²) >= 11 is 0. The van der Waals surface area contributed by atoms with Crippen LogP contribution in [0.15, 0.2) is 187 Å². The number of para-hydroxylation sites is 1. The van der Waals surface area contributed by atoms with Gasteiger partial charge >= 0.3 is 0 Å². The number of rotatable bonds is 5. The SMILES string of the molecule is [Ir].[c-]1ccc2c(oc3cc(-c4ccccc4)ccc32)c1-c1nc2nc(-c3ccccc3)ccc2n1-c1ccccc1.[c-]1ccccc1-c1ccccn1. The van der Waals surface area contributed by atoms with Crippen LogP contribution in [0.1, 0.15) is 0 Å². The topological polar surface area (TPSA) is 56.7 Å². The predicted molar refractivity (Wildman–Crippen MR) is 210 cm³/mol. The maximum Gasteiger partial charge on any atom is 0.168 e. The van der Waals surface area contributed by atoms with Crippen LogP contribution in [0.2, 0.25) is 0 Å². The van der Waals surface area contributed by atoms with Crippen LogP contribution in [0.25, 0.3) is 83.8 Å². The number of furan rings is 1. The Bertz CT molecular complexity index is 2730. The van der Waals surface area contributed by atoms with Gasteiger partial charge in [0.15, 0.2) is 5.65 Å². The molecule has 0 N–H and O–H groups in total. The number of nitrogens with zero attached hydrogens (tertiary/aromatic N) is 4. The van der Waals surface area contributed by atoms with E-state index in [0.29, 0.717) is 5.65 Å². The zero-order valence-electron chi connectivity index (χ0n) is 28.4. The summed E-state index contributed by atoms with van der Waals surface area (Å²) in [4.78, 5) is 14.3. The van der Waals surface area contributed by atoms with Crippen molar-refractivity contribution in [2.45, 2.75) is 0 Å². The molecule has 0 fully saturated rings. The van der Waals surface area contributed by atoms with Gasteiger partial charge < -0.3 is 14.0 Å². The van der Waals surface area contributed by atoms with E-state index in [9.17, 15) is 0 Å². The molecule has 10 rings (SSSR count). The number of hydrogen-bond donors (Lipinski definition) is 0. The molecular formula is C47H30IrN4O-2. The number of benzene rings is 6. The van der Waals surface area contributed by atoms with Gasteiger partial charge in [-0.3, -0.25) is 4.98 Å². The molecule has 0 saturated carbocycles. The molecule has 4 heterocycles. The van der Waals surface area contributed by atoms with Gasteiger partial charge in [0.25, 0.3) is 0 Å². The van der Waals surface area contributed by atoms with Gasteiger partial charge in [-0.1, -0.05) is 114 Å². The second-order valence-electron chi connectivity index (χ2n) is 12.3. The quantitative estimate of drug-likeness (QED) is 0.162. The minimum absolute atomic E-state index is 0. The van der Waals surface area contributed by atoms with Crippen LogP contribution in [-0.4, -0.2) is 19.5 Å². The third kappa shape index (κ3) is 6.70. The average Bonchev–Trinajstić information content (AvgIpc) is 3.81. The Morgan fingerprint density at radius 2 is 1.26 bits per heavy atom. The molecule has 0 aliphatic heterocycles. The summed E-state index contributed by atoms with van der Waals surface area (Å²) in [6.07, 6.45) is 1.79. The van der Waals surface area contributed by atoms with E-state index in [2.05, 4.69) is 107 Å². The first-order chi connectivity index (χ1) is 25.8. The van der Waals surface area contributed by atoms with Crippen molar-refractivity contribution in [1.29, 1.82) is 0 Å². The Kier molecular flexibility index (Phi) is 9.55. The Labute approximate surface area is 320 Å². The van der Waals surface area contributed by atoms with Crippen LogP contribution in [0, 0.1) is 12.1 Å². The number of aromatic nitrogens is 4. The molecule has 0 atom stereocenters. The van der Waals surface area contributed by atoms with E-state index in [1.807, 2.05) is 91.0 Å². The van der Waals surface area contributed by atoms with Gasteiger partial charge in [-0.2, -0.15) is 0 Å². The van der Waals surface area contributed by atoms with Gasteiger partial charge in [0.05, 0.1) is 22.6 Å². The molecule has 0 bridgehead atoms. The third-order valence-corrected chi connectivity index (χ3v) is 9.02. The molecule has 0 amide bonds. The zero-order chi connectivity index (χ0) is 34.7. The summed E-state index contributed by atoms with van der Waals surface area (Å²) in [5.74, 6) is 0.742. The van der Waals surface area contributed by atoms with Crippen molar-refractivity contribution in [1.82, 2.24) is 19.5 Å². The molecule has 10 aromatic rings. The van der Waals surface area contributed by atoms with Crippen molar-refractivity contribution in [2.75, 3.05) is 0 Å². The number of fused-ring (bicyclic) bond motifs is 4. The molecule has 53 heavy (non-hydrogen) atoms. The van der Waals surface area contributed by atoms with Crippen molar-refractivity contribution in [3.8, 4) is 50.7 Å². The smallest absolute Gasteiger partial charge is 0.168 e. The van der Waals surface area contributed by atoms with Crippen LogP contribution >= 0.6 is 0 Å². The van der Waals surface area contributed by atoms with Crippen LogP contribution in [-0.2, 0) is 20.1 Å². The van der Waals surface area contributed by atoms with E-state index < -0.39 is 0 Å². The second kappa shape index (κ2) is 15.0. The molecule has 255 valence electrons. The van der Waals surface area contributed by atoms with Gasteiger partial charge in [-0.25, -0.2) is 4.98 Å². The summed E-state index contributed by atoms with van der Waals surface area (Å²) in [7, 11) is 0. The number of imidazole rings is 1. The minimum atomic E-state index is 0. The summed E-state index contributed by atoms with van der Waals surface area (Å²) in [5, 5.41) is 2.10. The molecule has 1 radical (unpaired) electrons. The third-order valence-electron chi connectivity index (χ3n) is 9.02. The van der Waals surface area contributed by atoms with Gasteiger partial charge in [-0.05, 0) is 53.2 Å². The van der Waals surface area contributed by atoms with Gasteiger partial charge in [-0.15, -0.1) is 54.1 Å². The van der Waals surface area contributed by atoms with Crippen molar-refractivity contribution >= 4 is 33.1 Å². The van der Waals surface area contributed by atoms with Gasteiger partial charge in [0.2, 0.25) is 0 Å². The molecule has 6 aromatic carbocycles. The van der Waals surface area contributed by atoms with E-state index in [4.69, 9.17) is 14.4 Å². The van der Waals surface area contributed by atoms with Crippen LogP contribution in [0.4, 0.5) is 0 Å². The van der Waals surface area contributed by atoms with E-state index in [1.165, 1.54) is 0 Å². The molecule has 0 aliphatic rings. The molecule has 5 nitrogen and oxygen atoms in total. The summed E-state index contributed by atoms with van der Waals surface area (Å²) < 4.78 is 8.72. The fourth-order valence-electron chi connectivity index (χ4n) is 6.53. The van der Waals surface area contributed by atoms with E-state index in [1.54, 1.807) is 6.20 Å². The minimum Gasteiger partial charge on any atom is -0.501 e. The van der Waals surface area contributed by atoms with E-state index >= 15 is 0 Å². The van der Waals surface area contributed by atoms with Gasteiger partial charge in [0.1, 0.15) is 5.58 Å². The van der Waals surface area contributed by atoms with Crippen LogP contribution in [0.5, 0.6) is 0 Å². The summed E-state index contributed by atoms with van der Waals surface area (Å²) in [5.41, 5.74) is 11.2. The first-order valence-corrected chi connectivity index (χ1v) is 17.1. The first kappa shape index (κ1) is 33.7. The van der Waals surface area contributed by atoms with Crippen LogP contribution in [0.3, 0.4) is 0 Å². The number of pyridine rings is 2.